The summed E-state index contributed by atoms with van der Waals surface area (Å²) >= 11 is 0. The van der Waals surface area contributed by atoms with Crippen LogP contribution in [0.2, 0.25) is 0 Å². The van der Waals surface area contributed by atoms with Crippen LogP contribution in [0.3, 0.4) is 0 Å². The van der Waals surface area contributed by atoms with E-state index in [-0.39, 0.29) is 0 Å². The highest BCUT2D eigenvalue weighted by Gasteiger charge is 1.98. The van der Waals surface area contributed by atoms with Crippen molar-refractivity contribution < 1.29 is 0 Å². The van der Waals surface area contributed by atoms with Gasteiger partial charge >= 0.3 is 0 Å². The molecule has 0 aliphatic heterocycles. The average Bonchev–Trinajstić information content (AvgIpc) is 2.47. The maximum Gasteiger partial charge on any atom is 0.191 e. The quantitative estimate of drug-likeness (QED) is 0.417. The Balaban J connectivity index is 2.25. The Morgan fingerprint density at radius 1 is 1.24 bits per heavy atom. The molecule has 0 fully saturated rings. The Labute approximate surface area is 129 Å². The van der Waals surface area contributed by atoms with Crippen molar-refractivity contribution in [1.29, 1.82) is 0 Å². The van der Waals surface area contributed by atoms with Crippen LogP contribution >= 0.6 is 0 Å². The maximum atomic E-state index is 4.62. The van der Waals surface area contributed by atoms with Crippen LogP contribution in [0.25, 0.3) is 0 Å². The van der Waals surface area contributed by atoms with Crippen molar-refractivity contribution in [3.63, 3.8) is 0 Å². The zero-order chi connectivity index (χ0) is 15.3. The maximum absolute atomic E-state index is 4.62. The van der Waals surface area contributed by atoms with Gasteiger partial charge in [0.15, 0.2) is 5.96 Å². The van der Waals surface area contributed by atoms with E-state index in [0.717, 1.165) is 50.0 Å². The van der Waals surface area contributed by atoms with Gasteiger partial charge in [-0.3, -0.25) is 9.98 Å². The number of aliphatic imine (C=N–C) groups is 1. The van der Waals surface area contributed by atoms with Gasteiger partial charge in [0.05, 0.1) is 0 Å². The zero-order valence-electron chi connectivity index (χ0n) is 13.7. The SMILES string of the molecule is CCNC(=NCCCCC(C)C)NCCc1ccccn1. The van der Waals surface area contributed by atoms with E-state index in [0.29, 0.717) is 0 Å². The van der Waals surface area contributed by atoms with Crippen LogP contribution in [0.5, 0.6) is 0 Å². The lowest BCUT2D eigenvalue weighted by molar-refractivity contribution is 0.541. The number of hydrogen-bond donors (Lipinski definition) is 2. The van der Waals surface area contributed by atoms with Gasteiger partial charge in [-0.05, 0) is 31.4 Å². The molecule has 1 heterocycles. The molecule has 0 radical (unpaired) electrons. The average molecular weight is 290 g/mol. The number of nitrogens with zero attached hydrogens (tertiary/aromatic N) is 2. The number of rotatable bonds is 9. The summed E-state index contributed by atoms with van der Waals surface area (Å²) in [6, 6.07) is 6.02. The van der Waals surface area contributed by atoms with Gasteiger partial charge in [0.1, 0.15) is 0 Å². The first-order chi connectivity index (χ1) is 10.2. The molecule has 0 saturated heterocycles. The fraction of sp³-hybridized carbons (Fsp3) is 0.647. The second-order valence-electron chi connectivity index (χ2n) is 5.65. The minimum Gasteiger partial charge on any atom is -0.357 e. The predicted octanol–water partition coefficient (Wildman–Crippen LogP) is 3.01. The molecule has 0 aliphatic carbocycles. The summed E-state index contributed by atoms with van der Waals surface area (Å²) in [4.78, 5) is 8.94. The van der Waals surface area contributed by atoms with Gasteiger partial charge in [0.25, 0.3) is 0 Å². The Morgan fingerprint density at radius 2 is 2.10 bits per heavy atom. The normalized spacial score (nSPS) is 11.7. The lowest BCUT2D eigenvalue weighted by atomic mass is 10.1. The molecule has 0 bridgehead atoms. The highest BCUT2D eigenvalue weighted by atomic mass is 15.2. The van der Waals surface area contributed by atoms with Gasteiger partial charge in [0, 0.05) is 37.9 Å². The predicted molar refractivity (Wildman–Crippen MR) is 90.6 cm³/mol. The fourth-order valence-electron chi connectivity index (χ4n) is 2.05. The van der Waals surface area contributed by atoms with Gasteiger partial charge < -0.3 is 10.6 Å². The third-order valence-electron chi connectivity index (χ3n) is 3.20. The molecule has 0 unspecified atom stereocenters. The topological polar surface area (TPSA) is 49.3 Å². The molecule has 4 nitrogen and oxygen atoms in total. The minimum absolute atomic E-state index is 0.790. The molecule has 21 heavy (non-hydrogen) atoms. The van der Waals surface area contributed by atoms with Crippen LogP contribution in [0, 0.1) is 5.92 Å². The standard InChI is InChI=1S/C17H30N4/c1-4-18-17(20-13-7-5-9-15(2)3)21-14-11-16-10-6-8-12-19-16/h6,8,10,12,15H,4-5,7,9,11,13-14H2,1-3H3,(H2,18,20,21). The highest BCUT2D eigenvalue weighted by Crippen LogP contribution is 2.05. The number of hydrogen-bond acceptors (Lipinski definition) is 2. The van der Waals surface area contributed by atoms with Crippen LogP contribution in [-0.4, -0.2) is 30.6 Å². The second kappa shape index (κ2) is 11.1. The van der Waals surface area contributed by atoms with Crippen molar-refractivity contribution >= 4 is 5.96 Å². The largest absolute Gasteiger partial charge is 0.357 e. The van der Waals surface area contributed by atoms with Crippen LogP contribution in [0.4, 0.5) is 0 Å². The molecular formula is C17H30N4. The fourth-order valence-corrected chi connectivity index (χ4v) is 2.05. The first-order valence-corrected chi connectivity index (χ1v) is 8.14. The van der Waals surface area contributed by atoms with E-state index in [1.165, 1.54) is 12.8 Å². The molecule has 0 amide bonds. The van der Waals surface area contributed by atoms with Crippen molar-refractivity contribution in [2.75, 3.05) is 19.6 Å². The number of unbranched alkanes of at least 4 members (excludes halogenated alkanes) is 1. The van der Waals surface area contributed by atoms with Crippen molar-refractivity contribution in [1.82, 2.24) is 15.6 Å². The number of pyridine rings is 1. The van der Waals surface area contributed by atoms with E-state index >= 15 is 0 Å². The number of nitrogens with one attached hydrogen (secondary N) is 2. The summed E-state index contributed by atoms with van der Waals surface area (Å²) in [5, 5.41) is 6.65. The molecule has 0 aliphatic rings. The molecule has 118 valence electrons. The van der Waals surface area contributed by atoms with Gasteiger partial charge in [0.2, 0.25) is 0 Å². The minimum atomic E-state index is 0.790. The van der Waals surface area contributed by atoms with Crippen molar-refractivity contribution in [3.8, 4) is 0 Å². The number of aromatic nitrogens is 1. The molecule has 1 aromatic heterocycles. The first-order valence-electron chi connectivity index (χ1n) is 8.14. The lowest BCUT2D eigenvalue weighted by Gasteiger charge is -2.11. The van der Waals surface area contributed by atoms with Crippen molar-refractivity contribution in [3.05, 3.63) is 30.1 Å². The Kier molecular flexibility index (Phi) is 9.25. The van der Waals surface area contributed by atoms with E-state index in [1.54, 1.807) is 0 Å². The molecule has 0 aromatic carbocycles. The van der Waals surface area contributed by atoms with E-state index in [1.807, 2.05) is 18.3 Å². The van der Waals surface area contributed by atoms with Gasteiger partial charge in [-0.15, -0.1) is 0 Å². The van der Waals surface area contributed by atoms with E-state index in [9.17, 15) is 0 Å². The molecule has 2 N–H and O–H groups in total. The van der Waals surface area contributed by atoms with Crippen LogP contribution in [0.1, 0.15) is 45.7 Å². The van der Waals surface area contributed by atoms with Gasteiger partial charge in [-0.1, -0.05) is 32.8 Å². The Morgan fingerprint density at radius 3 is 2.76 bits per heavy atom. The van der Waals surface area contributed by atoms with E-state index in [4.69, 9.17) is 0 Å². The summed E-state index contributed by atoms with van der Waals surface area (Å²) in [6.45, 7) is 9.27. The highest BCUT2D eigenvalue weighted by molar-refractivity contribution is 5.79. The molecule has 0 atom stereocenters. The lowest BCUT2D eigenvalue weighted by Crippen LogP contribution is -2.38. The van der Waals surface area contributed by atoms with Gasteiger partial charge in [-0.2, -0.15) is 0 Å². The zero-order valence-corrected chi connectivity index (χ0v) is 13.7. The molecule has 1 aromatic rings. The summed E-state index contributed by atoms with van der Waals surface area (Å²) in [5.41, 5.74) is 1.11. The van der Waals surface area contributed by atoms with Crippen molar-refractivity contribution in [2.45, 2.75) is 46.5 Å². The first kappa shape index (κ1) is 17.5. The summed E-state index contributed by atoms with van der Waals surface area (Å²) < 4.78 is 0. The van der Waals surface area contributed by atoms with Gasteiger partial charge in [-0.25, -0.2) is 0 Å². The monoisotopic (exact) mass is 290 g/mol. The molecule has 1 rings (SSSR count). The molecule has 0 saturated carbocycles. The molecular weight excluding hydrogens is 260 g/mol. The smallest absolute Gasteiger partial charge is 0.191 e. The third-order valence-corrected chi connectivity index (χ3v) is 3.20. The van der Waals surface area contributed by atoms with Crippen LogP contribution < -0.4 is 10.6 Å². The Bertz CT molecular complexity index is 387. The van der Waals surface area contributed by atoms with Crippen molar-refractivity contribution in [2.24, 2.45) is 10.9 Å². The summed E-state index contributed by atoms with van der Waals surface area (Å²) in [6.07, 6.45) is 6.46. The Hall–Kier alpha value is -1.58. The summed E-state index contributed by atoms with van der Waals surface area (Å²) in [5.74, 6) is 1.71. The molecule has 0 spiro atoms. The number of guanidine groups is 1. The third kappa shape index (κ3) is 9.05. The van der Waals surface area contributed by atoms with E-state index < -0.39 is 0 Å². The second-order valence-corrected chi connectivity index (χ2v) is 5.65. The molecule has 4 heteroatoms. The van der Waals surface area contributed by atoms with Crippen LogP contribution in [-0.2, 0) is 6.42 Å². The van der Waals surface area contributed by atoms with E-state index in [2.05, 4.69) is 47.4 Å². The summed E-state index contributed by atoms with van der Waals surface area (Å²) in [7, 11) is 0. The van der Waals surface area contributed by atoms with Crippen LogP contribution in [0.15, 0.2) is 29.4 Å².